The summed E-state index contributed by atoms with van der Waals surface area (Å²) in [6.45, 7) is 9.49. The smallest absolute Gasteiger partial charge is 0.0546 e. The second kappa shape index (κ2) is 11.7. The molecule has 0 saturated carbocycles. The lowest BCUT2D eigenvalue weighted by molar-refractivity contribution is 0.660. The maximum atomic E-state index is 2.52. The standard InChI is InChI=1S/C52H41N/c1-51(2)46-20-12-10-18-42(46)44-28-25-39(32-48(44)51)53(40-26-29-45-43-19-11-13-21-47(43)52(3,4)49(45)33-40)50-31-38(24-27-41(50)35-15-6-5-7-16-35)37-23-22-34-14-8-9-17-36(34)30-37/h5-33H,1-4H3. The molecule has 0 fully saturated rings. The Morgan fingerprint density at radius 1 is 0.321 bits per heavy atom. The van der Waals surface area contributed by atoms with Gasteiger partial charge >= 0.3 is 0 Å². The van der Waals surface area contributed by atoms with Gasteiger partial charge in [-0.1, -0.05) is 167 Å². The normalized spacial score (nSPS) is 14.3. The zero-order chi connectivity index (χ0) is 35.9. The quantitative estimate of drug-likeness (QED) is 0.175. The number of nitrogens with zero attached hydrogens (tertiary/aromatic N) is 1. The number of anilines is 3. The number of hydrogen-bond donors (Lipinski definition) is 0. The molecule has 0 saturated heterocycles. The highest BCUT2D eigenvalue weighted by molar-refractivity contribution is 5.95. The van der Waals surface area contributed by atoms with Gasteiger partial charge in [-0.2, -0.15) is 0 Å². The van der Waals surface area contributed by atoms with Gasteiger partial charge in [0.15, 0.2) is 0 Å². The largest absolute Gasteiger partial charge is 0.310 e. The van der Waals surface area contributed by atoms with Crippen molar-refractivity contribution in [2.45, 2.75) is 38.5 Å². The van der Waals surface area contributed by atoms with Gasteiger partial charge < -0.3 is 4.90 Å². The highest BCUT2D eigenvalue weighted by Gasteiger charge is 2.38. The van der Waals surface area contributed by atoms with Crippen molar-refractivity contribution >= 4 is 27.8 Å². The third kappa shape index (κ3) is 4.84. The maximum absolute atomic E-state index is 2.52. The van der Waals surface area contributed by atoms with Crippen LogP contribution >= 0.6 is 0 Å². The first kappa shape index (κ1) is 31.5. The topological polar surface area (TPSA) is 3.24 Å². The van der Waals surface area contributed by atoms with Gasteiger partial charge in [-0.15, -0.1) is 0 Å². The van der Waals surface area contributed by atoms with Gasteiger partial charge in [0.05, 0.1) is 5.69 Å². The van der Waals surface area contributed by atoms with Gasteiger partial charge in [0.25, 0.3) is 0 Å². The van der Waals surface area contributed by atoms with Crippen LogP contribution in [0, 0.1) is 0 Å². The van der Waals surface area contributed by atoms with Crippen LogP contribution in [-0.2, 0) is 10.8 Å². The summed E-state index contributed by atoms with van der Waals surface area (Å²) < 4.78 is 0. The Hall–Kier alpha value is -6.18. The number of hydrogen-bond acceptors (Lipinski definition) is 1. The predicted molar refractivity (Wildman–Crippen MR) is 225 cm³/mol. The predicted octanol–water partition coefficient (Wildman–Crippen LogP) is 14.3. The van der Waals surface area contributed by atoms with Crippen molar-refractivity contribution in [2.24, 2.45) is 0 Å². The minimum atomic E-state index is -0.121. The molecular weight excluding hydrogens is 639 g/mol. The van der Waals surface area contributed by atoms with E-state index in [0.29, 0.717) is 0 Å². The lowest BCUT2D eigenvalue weighted by Gasteiger charge is -2.31. The molecule has 0 bridgehead atoms. The molecular formula is C52H41N. The van der Waals surface area contributed by atoms with Gasteiger partial charge in [-0.25, -0.2) is 0 Å². The Morgan fingerprint density at radius 2 is 0.792 bits per heavy atom. The summed E-state index contributed by atoms with van der Waals surface area (Å²) in [5, 5.41) is 2.50. The SMILES string of the molecule is CC1(C)c2ccccc2-c2ccc(N(c3ccc4c(c3)C(C)(C)c3ccccc3-4)c3cc(-c4ccc5ccccc5c4)ccc3-c3ccccc3)cc21. The Kier molecular flexibility index (Phi) is 6.94. The molecule has 0 amide bonds. The summed E-state index contributed by atoms with van der Waals surface area (Å²) in [5.74, 6) is 0. The molecule has 8 aromatic rings. The van der Waals surface area contributed by atoms with E-state index in [0.717, 1.165) is 17.1 Å². The van der Waals surface area contributed by atoms with E-state index in [9.17, 15) is 0 Å². The average molecular weight is 680 g/mol. The zero-order valence-corrected chi connectivity index (χ0v) is 30.7. The summed E-state index contributed by atoms with van der Waals surface area (Å²) >= 11 is 0. The summed E-state index contributed by atoms with van der Waals surface area (Å²) in [4.78, 5) is 2.52. The van der Waals surface area contributed by atoms with E-state index in [2.05, 4.69) is 209 Å². The van der Waals surface area contributed by atoms with Gasteiger partial charge in [0.2, 0.25) is 0 Å². The van der Waals surface area contributed by atoms with E-state index < -0.39 is 0 Å². The van der Waals surface area contributed by atoms with Crippen LogP contribution in [0.25, 0.3) is 55.3 Å². The molecule has 0 radical (unpaired) electrons. The molecule has 2 aliphatic carbocycles. The molecule has 0 atom stereocenters. The van der Waals surface area contributed by atoms with Crippen molar-refractivity contribution in [3.05, 3.63) is 198 Å². The van der Waals surface area contributed by atoms with Crippen molar-refractivity contribution < 1.29 is 0 Å². The zero-order valence-electron chi connectivity index (χ0n) is 30.7. The van der Waals surface area contributed by atoms with E-state index >= 15 is 0 Å². The van der Waals surface area contributed by atoms with Crippen LogP contribution in [0.4, 0.5) is 17.1 Å². The fraction of sp³-hybridized carbons (Fsp3) is 0.115. The fourth-order valence-electron chi connectivity index (χ4n) is 9.22. The average Bonchev–Trinajstić information content (AvgIpc) is 3.57. The van der Waals surface area contributed by atoms with Crippen molar-refractivity contribution in [2.75, 3.05) is 4.90 Å². The van der Waals surface area contributed by atoms with Crippen molar-refractivity contribution in [1.82, 2.24) is 0 Å². The molecule has 254 valence electrons. The molecule has 8 aromatic carbocycles. The van der Waals surface area contributed by atoms with E-state index in [1.165, 1.54) is 77.5 Å². The molecule has 0 heterocycles. The molecule has 0 unspecified atom stereocenters. The number of fused-ring (bicyclic) bond motifs is 7. The highest BCUT2D eigenvalue weighted by atomic mass is 15.1. The Bertz CT molecular complexity index is 2620. The van der Waals surface area contributed by atoms with Crippen LogP contribution in [0.5, 0.6) is 0 Å². The van der Waals surface area contributed by atoms with Gasteiger partial charge in [-0.05, 0) is 108 Å². The molecule has 10 rings (SSSR count). The van der Waals surface area contributed by atoms with Crippen LogP contribution < -0.4 is 4.90 Å². The third-order valence-corrected chi connectivity index (χ3v) is 12.1. The maximum Gasteiger partial charge on any atom is 0.0546 e. The molecule has 1 nitrogen and oxygen atoms in total. The first-order valence-electron chi connectivity index (χ1n) is 18.8. The Labute approximate surface area is 312 Å². The monoisotopic (exact) mass is 679 g/mol. The van der Waals surface area contributed by atoms with Crippen LogP contribution in [0.3, 0.4) is 0 Å². The van der Waals surface area contributed by atoms with Crippen molar-refractivity contribution in [3.63, 3.8) is 0 Å². The molecule has 1 heteroatoms. The summed E-state index contributed by atoms with van der Waals surface area (Å²) in [5.41, 5.74) is 18.9. The molecule has 2 aliphatic rings. The third-order valence-electron chi connectivity index (χ3n) is 12.1. The van der Waals surface area contributed by atoms with Gasteiger partial charge in [0.1, 0.15) is 0 Å². The summed E-state index contributed by atoms with van der Waals surface area (Å²) in [7, 11) is 0. The van der Waals surface area contributed by atoms with Crippen molar-refractivity contribution in [1.29, 1.82) is 0 Å². The lowest BCUT2D eigenvalue weighted by Crippen LogP contribution is -2.18. The molecule has 0 aromatic heterocycles. The highest BCUT2D eigenvalue weighted by Crippen LogP contribution is 2.54. The van der Waals surface area contributed by atoms with E-state index in [4.69, 9.17) is 0 Å². The molecule has 0 N–H and O–H groups in total. The van der Waals surface area contributed by atoms with Crippen LogP contribution in [0.2, 0.25) is 0 Å². The minimum Gasteiger partial charge on any atom is -0.310 e. The fourth-order valence-corrected chi connectivity index (χ4v) is 9.22. The van der Waals surface area contributed by atoms with Gasteiger partial charge in [-0.3, -0.25) is 0 Å². The lowest BCUT2D eigenvalue weighted by atomic mass is 9.82. The second-order valence-electron chi connectivity index (χ2n) is 15.8. The number of benzene rings is 8. The van der Waals surface area contributed by atoms with E-state index in [-0.39, 0.29) is 10.8 Å². The first-order valence-corrected chi connectivity index (χ1v) is 18.8. The minimum absolute atomic E-state index is 0.121. The van der Waals surface area contributed by atoms with Crippen LogP contribution in [-0.4, -0.2) is 0 Å². The van der Waals surface area contributed by atoms with Crippen LogP contribution in [0.1, 0.15) is 49.9 Å². The molecule has 0 aliphatic heterocycles. The van der Waals surface area contributed by atoms with Gasteiger partial charge in [0, 0.05) is 27.8 Å². The Morgan fingerprint density at radius 3 is 1.42 bits per heavy atom. The summed E-state index contributed by atoms with van der Waals surface area (Å²) in [6, 6.07) is 65.5. The van der Waals surface area contributed by atoms with Crippen LogP contribution in [0.15, 0.2) is 176 Å². The summed E-state index contributed by atoms with van der Waals surface area (Å²) in [6.07, 6.45) is 0. The van der Waals surface area contributed by atoms with E-state index in [1.54, 1.807) is 0 Å². The van der Waals surface area contributed by atoms with E-state index in [1.807, 2.05) is 0 Å². The number of rotatable bonds is 5. The molecule has 0 spiro atoms. The Balaban J connectivity index is 1.24. The molecule has 53 heavy (non-hydrogen) atoms. The first-order chi connectivity index (χ1) is 25.8. The second-order valence-corrected chi connectivity index (χ2v) is 15.8. The van der Waals surface area contributed by atoms with Crippen molar-refractivity contribution in [3.8, 4) is 44.5 Å².